The van der Waals surface area contributed by atoms with Crippen LogP contribution in [0.5, 0.6) is 0 Å². The summed E-state index contributed by atoms with van der Waals surface area (Å²) in [5, 5.41) is 3.01. The maximum Gasteiger partial charge on any atom is 0.223 e. The molecule has 0 aliphatic carbocycles. The van der Waals surface area contributed by atoms with E-state index in [1.54, 1.807) is 6.92 Å². The van der Waals surface area contributed by atoms with Crippen molar-refractivity contribution in [3.05, 3.63) is 0 Å². The lowest BCUT2D eigenvalue weighted by molar-refractivity contribution is -0.126. The quantitative estimate of drug-likeness (QED) is 0.718. The molecule has 1 amide bonds. The van der Waals surface area contributed by atoms with Crippen LogP contribution in [0.4, 0.5) is 0 Å². The molecule has 0 bridgehead atoms. The summed E-state index contributed by atoms with van der Waals surface area (Å²) >= 11 is 0. The Balaban J connectivity index is 2.38. The van der Waals surface area contributed by atoms with Gasteiger partial charge in [0.05, 0.1) is 5.75 Å². The molecule has 23 heavy (non-hydrogen) atoms. The van der Waals surface area contributed by atoms with Crippen LogP contribution in [0.3, 0.4) is 0 Å². The van der Waals surface area contributed by atoms with Gasteiger partial charge in [0, 0.05) is 44.2 Å². The number of amides is 1. The zero-order valence-corrected chi connectivity index (χ0v) is 16.0. The predicted molar refractivity (Wildman–Crippen MR) is 93.7 cm³/mol. The Labute approximate surface area is 141 Å². The second-order valence-electron chi connectivity index (χ2n) is 6.79. The Morgan fingerprint density at radius 1 is 1.17 bits per heavy atom. The zero-order valence-electron chi connectivity index (χ0n) is 15.2. The van der Waals surface area contributed by atoms with E-state index in [0.717, 1.165) is 6.54 Å². The number of hydrogen-bond donors (Lipinski definition) is 1. The SMILES string of the molecule is CCS(=O)(=O)N1CCC(C(=O)NCCN(C(C)C)C(C)C)CC1. The van der Waals surface area contributed by atoms with E-state index in [-0.39, 0.29) is 17.6 Å². The van der Waals surface area contributed by atoms with E-state index in [2.05, 4.69) is 37.9 Å². The molecule has 0 atom stereocenters. The summed E-state index contributed by atoms with van der Waals surface area (Å²) in [6.45, 7) is 12.7. The number of rotatable bonds is 8. The minimum atomic E-state index is -3.12. The third kappa shape index (κ3) is 6.04. The summed E-state index contributed by atoms with van der Waals surface area (Å²) in [4.78, 5) is 14.6. The van der Waals surface area contributed by atoms with Crippen LogP contribution >= 0.6 is 0 Å². The average molecular weight is 348 g/mol. The molecule has 1 heterocycles. The summed E-state index contributed by atoms with van der Waals surface area (Å²) < 4.78 is 25.2. The van der Waals surface area contributed by atoms with Crippen LogP contribution in [0.1, 0.15) is 47.5 Å². The second kappa shape index (κ2) is 8.99. The van der Waals surface area contributed by atoms with Crippen molar-refractivity contribution in [1.82, 2.24) is 14.5 Å². The van der Waals surface area contributed by atoms with Crippen molar-refractivity contribution >= 4 is 15.9 Å². The first-order valence-corrected chi connectivity index (χ1v) is 10.3. The van der Waals surface area contributed by atoms with Gasteiger partial charge in [0.15, 0.2) is 0 Å². The Bertz CT molecular complexity index is 461. The zero-order chi connectivity index (χ0) is 17.6. The van der Waals surface area contributed by atoms with Crippen LogP contribution in [-0.4, -0.2) is 67.5 Å². The first kappa shape index (κ1) is 20.4. The van der Waals surface area contributed by atoms with Gasteiger partial charge >= 0.3 is 0 Å². The minimum absolute atomic E-state index is 0.0611. The standard InChI is InChI=1S/C16H33N3O3S/c1-6-23(21,22)18-10-7-15(8-11-18)16(20)17-9-12-19(13(2)3)14(4)5/h13-15H,6-12H2,1-5H3,(H,17,20). The molecule has 1 aliphatic heterocycles. The lowest BCUT2D eigenvalue weighted by Gasteiger charge is -2.32. The minimum Gasteiger partial charge on any atom is -0.355 e. The number of nitrogens with zero attached hydrogens (tertiary/aromatic N) is 2. The van der Waals surface area contributed by atoms with Gasteiger partial charge < -0.3 is 5.32 Å². The fourth-order valence-electron chi connectivity index (χ4n) is 3.14. The van der Waals surface area contributed by atoms with Crippen molar-refractivity contribution < 1.29 is 13.2 Å². The molecule has 1 fully saturated rings. The number of sulfonamides is 1. The van der Waals surface area contributed by atoms with Gasteiger partial charge in [-0.15, -0.1) is 0 Å². The van der Waals surface area contributed by atoms with Crippen molar-refractivity contribution in [2.45, 2.75) is 59.5 Å². The van der Waals surface area contributed by atoms with Crippen LogP contribution in [0.2, 0.25) is 0 Å². The Kier molecular flexibility index (Phi) is 7.97. The van der Waals surface area contributed by atoms with Gasteiger partial charge in [0.25, 0.3) is 0 Å². The van der Waals surface area contributed by atoms with E-state index < -0.39 is 10.0 Å². The molecule has 1 aliphatic rings. The number of carbonyl (C=O) groups excluding carboxylic acids is 1. The van der Waals surface area contributed by atoms with Crippen molar-refractivity contribution in [2.24, 2.45) is 5.92 Å². The monoisotopic (exact) mass is 347 g/mol. The first-order chi connectivity index (χ1) is 10.7. The highest BCUT2D eigenvalue weighted by atomic mass is 32.2. The summed E-state index contributed by atoms with van der Waals surface area (Å²) in [5.41, 5.74) is 0. The fourth-order valence-corrected chi connectivity index (χ4v) is 4.28. The summed E-state index contributed by atoms with van der Waals surface area (Å²) in [5.74, 6) is 0.125. The van der Waals surface area contributed by atoms with E-state index in [0.29, 0.717) is 44.6 Å². The highest BCUT2D eigenvalue weighted by Gasteiger charge is 2.30. The fraction of sp³-hybridized carbons (Fsp3) is 0.938. The molecular weight excluding hydrogens is 314 g/mol. The van der Waals surface area contributed by atoms with Gasteiger partial charge in [-0.1, -0.05) is 0 Å². The summed E-state index contributed by atoms with van der Waals surface area (Å²) in [6.07, 6.45) is 1.23. The van der Waals surface area contributed by atoms with Crippen LogP contribution in [0.15, 0.2) is 0 Å². The highest BCUT2D eigenvalue weighted by molar-refractivity contribution is 7.89. The van der Waals surface area contributed by atoms with E-state index in [4.69, 9.17) is 0 Å². The number of carbonyl (C=O) groups is 1. The Morgan fingerprint density at radius 3 is 2.13 bits per heavy atom. The van der Waals surface area contributed by atoms with Crippen molar-refractivity contribution in [3.8, 4) is 0 Å². The molecule has 0 saturated carbocycles. The van der Waals surface area contributed by atoms with Gasteiger partial charge in [-0.05, 0) is 47.5 Å². The lowest BCUT2D eigenvalue weighted by atomic mass is 9.97. The van der Waals surface area contributed by atoms with Crippen molar-refractivity contribution in [1.29, 1.82) is 0 Å². The molecular formula is C16H33N3O3S. The molecule has 7 heteroatoms. The third-order valence-electron chi connectivity index (χ3n) is 4.58. The Morgan fingerprint density at radius 2 is 1.70 bits per heavy atom. The van der Waals surface area contributed by atoms with E-state index in [1.165, 1.54) is 4.31 Å². The molecule has 6 nitrogen and oxygen atoms in total. The van der Waals surface area contributed by atoms with Gasteiger partial charge in [-0.3, -0.25) is 9.69 Å². The summed E-state index contributed by atoms with van der Waals surface area (Å²) in [6, 6.07) is 0.906. The number of piperidine rings is 1. The topological polar surface area (TPSA) is 69.7 Å². The molecule has 0 spiro atoms. The smallest absolute Gasteiger partial charge is 0.223 e. The second-order valence-corrected chi connectivity index (χ2v) is 9.05. The highest BCUT2D eigenvalue weighted by Crippen LogP contribution is 2.20. The Hall–Kier alpha value is -0.660. The molecule has 136 valence electrons. The molecule has 1 rings (SSSR count). The number of hydrogen-bond acceptors (Lipinski definition) is 4. The molecule has 0 unspecified atom stereocenters. The van der Waals surface area contributed by atoms with Crippen LogP contribution in [0, 0.1) is 5.92 Å². The molecule has 1 N–H and O–H groups in total. The third-order valence-corrected chi connectivity index (χ3v) is 6.46. The molecule has 0 aromatic carbocycles. The van der Waals surface area contributed by atoms with E-state index in [9.17, 15) is 13.2 Å². The van der Waals surface area contributed by atoms with Gasteiger partial charge in [-0.2, -0.15) is 0 Å². The van der Waals surface area contributed by atoms with Crippen LogP contribution in [0.25, 0.3) is 0 Å². The first-order valence-electron chi connectivity index (χ1n) is 8.70. The van der Waals surface area contributed by atoms with Gasteiger partial charge in [0.2, 0.25) is 15.9 Å². The van der Waals surface area contributed by atoms with E-state index in [1.807, 2.05) is 0 Å². The van der Waals surface area contributed by atoms with Crippen molar-refractivity contribution in [3.63, 3.8) is 0 Å². The van der Waals surface area contributed by atoms with Gasteiger partial charge in [0.1, 0.15) is 0 Å². The maximum atomic E-state index is 12.2. The normalized spacial score (nSPS) is 18.1. The lowest BCUT2D eigenvalue weighted by Crippen LogP contribution is -2.46. The van der Waals surface area contributed by atoms with Crippen LogP contribution < -0.4 is 5.32 Å². The predicted octanol–water partition coefficient (Wildman–Crippen LogP) is 1.28. The summed E-state index contributed by atoms with van der Waals surface area (Å²) in [7, 11) is -3.12. The van der Waals surface area contributed by atoms with Crippen molar-refractivity contribution in [2.75, 3.05) is 31.9 Å². The largest absolute Gasteiger partial charge is 0.355 e. The molecule has 0 aromatic heterocycles. The number of nitrogens with one attached hydrogen (secondary N) is 1. The van der Waals surface area contributed by atoms with Gasteiger partial charge in [-0.25, -0.2) is 12.7 Å². The molecule has 0 aromatic rings. The van der Waals surface area contributed by atoms with Crippen LogP contribution in [-0.2, 0) is 14.8 Å². The molecule has 0 radical (unpaired) electrons. The average Bonchev–Trinajstić information content (AvgIpc) is 2.50. The van der Waals surface area contributed by atoms with E-state index >= 15 is 0 Å². The maximum absolute atomic E-state index is 12.2. The molecule has 1 saturated heterocycles.